The summed E-state index contributed by atoms with van der Waals surface area (Å²) in [7, 11) is 1.22. The van der Waals surface area contributed by atoms with Crippen LogP contribution in [0.1, 0.15) is 29.1 Å². The number of rotatable bonds is 4. The molecule has 0 fully saturated rings. The van der Waals surface area contributed by atoms with Crippen LogP contribution >= 0.6 is 11.6 Å². The van der Waals surface area contributed by atoms with E-state index in [2.05, 4.69) is 20.7 Å². The number of hydrogen-bond acceptors (Lipinski definition) is 6. The standard InChI is InChI=1S/C21H17ClFN5O3/c1-11-16(19(29)25-15-9-5-13(22)6-10-15)17(12-3-7-14(23)8-4-12)28-21(24-11)26-18(27-28)20(30)31-2/h3-10,17H,1-2H3,(H,25,29)(H,24,26,27)/t17-/m0/s1. The van der Waals surface area contributed by atoms with Gasteiger partial charge in [-0.3, -0.25) is 4.79 Å². The minimum Gasteiger partial charge on any atom is -0.463 e. The molecule has 0 saturated carbocycles. The Morgan fingerprint density at radius 3 is 2.48 bits per heavy atom. The second kappa shape index (κ2) is 8.19. The van der Waals surface area contributed by atoms with Gasteiger partial charge in [0.05, 0.1) is 12.7 Å². The first-order valence-electron chi connectivity index (χ1n) is 9.22. The van der Waals surface area contributed by atoms with Crippen LogP contribution in [0.4, 0.5) is 16.0 Å². The van der Waals surface area contributed by atoms with E-state index in [4.69, 9.17) is 16.3 Å². The second-order valence-corrected chi connectivity index (χ2v) is 7.21. The van der Waals surface area contributed by atoms with Gasteiger partial charge in [0.15, 0.2) is 0 Å². The third kappa shape index (κ3) is 3.99. The van der Waals surface area contributed by atoms with E-state index in [0.29, 0.717) is 27.5 Å². The van der Waals surface area contributed by atoms with Crippen molar-refractivity contribution in [3.05, 3.63) is 82.0 Å². The van der Waals surface area contributed by atoms with E-state index >= 15 is 0 Å². The quantitative estimate of drug-likeness (QED) is 0.598. The Morgan fingerprint density at radius 2 is 1.84 bits per heavy atom. The lowest BCUT2D eigenvalue weighted by atomic mass is 9.95. The van der Waals surface area contributed by atoms with Gasteiger partial charge in [-0.05, 0) is 48.9 Å². The van der Waals surface area contributed by atoms with E-state index in [1.54, 1.807) is 43.3 Å². The zero-order valence-electron chi connectivity index (χ0n) is 16.5. The number of fused-ring (bicyclic) bond motifs is 1. The highest BCUT2D eigenvalue weighted by molar-refractivity contribution is 6.30. The van der Waals surface area contributed by atoms with Crippen molar-refractivity contribution in [3.8, 4) is 0 Å². The number of anilines is 2. The summed E-state index contributed by atoms with van der Waals surface area (Å²) in [5, 5.41) is 10.6. The molecule has 0 saturated heterocycles. The minimum atomic E-state index is -0.755. The van der Waals surface area contributed by atoms with Gasteiger partial charge in [0.2, 0.25) is 5.95 Å². The summed E-state index contributed by atoms with van der Waals surface area (Å²) >= 11 is 5.91. The van der Waals surface area contributed by atoms with Crippen molar-refractivity contribution in [2.24, 2.45) is 0 Å². The molecule has 1 aliphatic rings. The summed E-state index contributed by atoms with van der Waals surface area (Å²) in [5.41, 5.74) is 1.98. The molecule has 0 aliphatic carbocycles. The van der Waals surface area contributed by atoms with Crippen molar-refractivity contribution in [3.63, 3.8) is 0 Å². The molecule has 2 N–H and O–H groups in total. The van der Waals surface area contributed by atoms with E-state index in [1.807, 2.05) is 0 Å². The van der Waals surface area contributed by atoms with Crippen molar-refractivity contribution in [2.45, 2.75) is 13.0 Å². The minimum absolute atomic E-state index is 0.163. The Labute approximate surface area is 181 Å². The molecular formula is C21H17ClFN5O3. The molecule has 0 spiro atoms. The molecule has 4 rings (SSSR count). The number of amides is 1. The number of nitrogens with one attached hydrogen (secondary N) is 2. The van der Waals surface area contributed by atoms with E-state index < -0.39 is 23.7 Å². The summed E-state index contributed by atoms with van der Waals surface area (Å²) in [6.45, 7) is 1.71. The highest BCUT2D eigenvalue weighted by Gasteiger charge is 2.35. The van der Waals surface area contributed by atoms with Gasteiger partial charge in [0, 0.05) is 16.4 Å². The molecule has 2 aromatic carbocycles. The molecule has 158 valence electrons. The van der Waals surface area contributed by atoms with Crippen LogP contribution in [0.3, 0.4) is 0 Å². The first kappa shape index (κ1) is 20.5. The maximum Gasteiger partial charge on any atom is 0.378 e. The predicted molar refractivity (Wildman–Crippen MR) is 112 cm³/mol. The summed E-state index contributed by atoms with van der Waals surface area (Å²) < 4.78 is 19.7. The molecule has 1 amide bonds. The third-order valence-electron chi connectivity index (χ3n) is 4.75. The number of hydrogen-bond donors (Lipinski definition) is 2. The lowest BCUT2D eigenvalue weighted by Crippen LogP contribution is -2.31. The molecule has 10 heteroatoms. The van der Waals surface area contributed by atoms with Gasteiger partial charge in [0.25, 0.3) is 11.7 Å². The molecule has 31 heavy (non-hydrogen) atoms. The number of allylic oxidation sites excluding steroid dienone is 1. The maximum absolute atomic E-state index is 13.5. The van der Waals surface area contributed by atoms with Crippen LogP contribution in [0.5, 0.6) is 0 Å². The van der Waals surface area contributed by atoms with Gasteiger partial charge < -0.3 is 15.4 Å². The van der Waals surface area contributed by atoms with Crippen LogP contribution in [-0.2, 0) is 9.53 Å². The largest absolute Gasteiger partial charge is 0.463 e. The molecule has 1 atom stereocenters. The van der Waals surface area contributed by atoms with Crippen LogP contribution in [0.2, 0.25) is 5.02 Å². The summed E-state index contributed by atoms with van der Waals surface area (Å²) in [5.74, 6) is -1.44. The Bertz CT molecular complexity index is 1190. The van der Waals surface area contributed by atoms with E-state index in [-0.39, 0.29) is 11.8 Å². The average molecular weight is 442 g/mol. The normalized spacial score (nSPS) is 15.2. The smallest absolute Gasteiger partial charge is 0.378 e. The van der Waals surface area contributed by atoms with Gasteiger partial charge in [-0.1, -0.05) is 23.7 Å². The molecule has 1 aliphatic heterocycles. The topological polar surface area (TPSA) is 98.1 Å². The Kier molecular flexibility index (Phi) is 5.43. The first-order valence-corrected chi connectivity index (χ1v) is 9.60. The molecule has 3 aromatic rings. The predicted octanol–water partition coefficient (Wildman–Crippen LogP) is 3.78. The van der Waals surface area contributed by atoms with Crippen molar-refractivity contribution in [2.75, 3.05) is 17.7 Å². The van der Waals surface area contributed by atoms with E-state index in [0.717, 1.165) is 0 Å². The lowest BCUT2D eigenvalue weighted by Gasteiger charge is -2.28. The fraction of sp³-hybridized carbons (Fsp3) is 0.143. The van der Waals surface area contributed by atoms with Gasteiger partial charge in [-0.15, -0.1) is 5.10 Å². The summed E-state index contributed by atoms with van der Waals surface area (Å²) in [6.07, 6.45) is 0. The number of halogens is 2. The second-order valence-electron chi connectivity index (χ2n) is 6.77. The van der Waals surface area contributed by atoms with Gasteiger partial charge in [-0.2, -0.15) is 4.98 Å². The Balaban J connectivity index is 1.78. The molecule has 0 unspecified atom stereocenters. The van der Waals surface area contributed by atoms with Gasteiger partial charge >= 0.3 is 5.97 Å². The van der Waals surface area contributed by atoms with Crippen LogP contribution < -0.4 is 10.6 Å². The number of carbonyl (C=O) groups is 2. The fourth-order valence-corrected chi connectivity index (χ4v) is 3.43. The lowest BCUT2D eigenvalue weighted by molar-refractivity contribution is -0.113. The van der Waals surface area contributed by atoms with Gasteiger partial charge in [0.1, 0.15) is 11.9 Å². The average Bonchev–Trinajstić information content (AvgIpc) is 3.18. The Morgan fingerprint density at radius 1 is 1.16 bits per heavy atom. The molecule has 2 heterocycles. The van der Waals surface area contributed by atoms with Crippen molar-refractivity contribution in [1.82, 2.24) is 14.8 Å². The monoisotopic (exact) mass is 441 g/mol. The highest BCUT2D eigenvalue weighted by atomic mass is 35.5. The number of nitrogens with zero attached hydrogens (tertiary/aromatic N) is 3. The molecule has 1 aromatic heterocycles. The SMILES string of the molecule is COC(=O)c1nc2n(n1)[C@@H](c1ccc(F)cc1)C(C(=O)Nc1ccc(Cl)cc1)=C(C)N2. The first-order chi connectivity index (χ1) is 14.9. The number of aromatic nitrogens is 3. The molecular weight excluding hydrogens is 425 g/mol. The van der Waals surface area contributed by atoms with Crippen molar-refractivity contribution in [1.29, 1.82) is 0 Å². The van der Waals surface area contributed by atoms with Crippen LogP contribution in [-0.4, -0.2) is 33.8 Å². The zero-order chi connectivity index (χ0) is 22.1. The maximum atomic E-state index is 13.5. The number of carbonyl (C=O) groups excluding carboxylic acids is 2. The molecule has 0 bridgehead atoms. The van der Waals surface area contributed by atoms with Crippen molar-refractivity contribution >= 4 is 35.1 Å². The number of benzene rings is 2. The fourth-order valence-electron chi connectivity index (χ4n) is 3.31. The Hall–Kier alpha value is -3.72. The van der Waals surface area contributed by atoms with Crippen LogP contribution in [0.15, 0.2) is 59.8 Å². The summed E-state index contributed by atoms with van der Waals surface area (Å²) in [6, 6.07) is 11.6. The van der Waals surface area contributed by atoms with E-state index in [1.165, 1.54) is 23.9 Å². The zero-order valence-corrected chi connectivity index (χ0v) is 17.3. The number of ether oxygens (including phenoxy) is 1. The van der Waals surface area contributed by atoms with E-state index in [9.17, 15) is 14.0 Å². The van der Waals surface area contributed by atoms with Crippen molar-refractivity contribution < 1.29 is 18.7 Å². The summed E-state index contributed by atoms with van der Waals surface area (Å²) in [4.78, 5) is 29.4. The molecule has 0 radical (unpaired) electrons. The number of methoxy groups -OCH3 is 1. The van der Waals surface area contributed by atoms with Crippen LogP contribution in [0, 0.1) is 5.82 Å². The number of esters is 1. The highest BCUT2D eigenvalue weighted by Crippen LogP contribution is 2.35. The third-order valence-corrected chi connectivity index (χ3v) is 5.00. The van der Waals surface area contributed by atoms with Gasteiger partial charge in [-0.25, -0.2) is 13.9 Å². The molecule has 8 nitrogen and oxygen atoms in total. The van der Waals surface area contributed by atoms with Crippen LogP contribution in [0.25, 0.3) is 0 Å².